The lowest BCUT2D eigenvalue weighted by Crippen LogP contribution is -2.44. The van der Waals surface area contributed by atoms with Crippen LogP contribution in [-0.4, -0.2) is 55.5 Å². The van der Waals surface area contributed by atoms with Crippen molar-refractivity contribution in [1.29, 1.82) is 0 Å². The molecule has 0 aliphatic carbocycles. The van der Waals surface area contributed by atoms with Crippen LogP contribution in [0.25, 0.3) is 0 Å². The van der Waals surface area contributed by atoms with Crippen LogP contribution in [0.15, 0.2) is 24.3 Å². The van der Waals surface area contributed by atoms with E-state index in [2.05, 4.69) is 16.7 Å². The minimum absolute atomic E-state index is 0.00706. The molecular formula is C15H20F2N2O2. The Morgan fingerprint density at radius 2 is 2.05 bits per heavy atom. The summed E-state index contributed by atoms with van der Waals surface area (Å²) >= 11 is 0. The first kappa shape index (κ1) is 15.7. The molecule has 0 aromatic heterocycles. The van der Waals surface area contributed by atoms with Gasteiger partial charge in [0.25, 0.3) is 5.91 Å². The van der Waals surface area contributed by atoms with Crippen LogP contribution in [0, 0.1) is 0 Å². The van der Waals surface area contributed by atoms with Gasteiger partial charge in [0.05, 0.1) is 0 Å². The summed E-state index contributed by atoms with van der Waals surface area (Å²) in [5.74, 6) is -0.156. The van der Waals surface area contributed by atoms with Crippen molar-refractivity contribution >= 4 is 5.91 Å². The molecule has 1 saturated heterocycles. The summed E-state index contributed by atoms with van der Waals surface area (Å²) in [6.45, 7) is -0.977. The molecule has 1 amide bonds. The van der Waals surface area contributed by atoms with Gasteiger partial charge in [0.1, 0.15) is 5.75 Å². The number of amides is 1. The highest BCUT2D eigenvalue weighted by Crippen LogP contribution is 2.20. The molecule has 2 rings (SSSR count). The lowest BCUT2D eigenvalue weighted by Gasteiger charge is -2.35. The van der Waals surface area contributed by atoms with Gasteiger partial charge in [-0.05, 0) is 51.2 Å². The number of likely N-dealkylation sites (tertiary alicyclic amines) is 1. The molecule has 116 valence electrons. The van der Waals surface area contributed by atoms with Crippen molar-refractivity contribution < 1.29 is 18.3 Å². The van der Waals surface area contributed by atoms with Crippen LogP contribution in [0.5, 0.6) is 5.75 Å². The van der Waals surface area contributed by atoms with Crippen LogP contribution >= 0.6 is 0 Å². The molecule has 1 aromatic carbocycles. The van der Waals surface area contributed by atoms with Gasteiger partial charge in [-0.1, -0.05) is 6.07 Å². The third-order valence-corrected chi connectivity index (χ3v) is 3.86. The van der Waals surface area contributed by atoms with Crippen LogP contribution in [0.1, 0.15) is 23.2 Å². The highest BCUT2D eigenvalue weighted by atomic mass is 19.3. The van der Waals surface area contributed by atoms with Crippen molar-refractivity contribution in [3.8, 4) is 5.75 Å². The zero-order chi connectivity index (χ0) is 15.4. The van der Waals surface area contributed by atoms with Crippen LogP contribution in [0.3, 0.4) is 0 Å². The maximum atomic E-state index is 12.4. The number of ether oxygens (including phenoxy) is 1. The molecule has 1 heterocycles. The molecule has 0 saturated carbocycles. The van der Waals surface area contributed by atoms with Crippen LogP contribution in [0.4, 0.5) is 8.78 Å². The van der Waals surface area contributed by atoms with Crippen molar-refractivity contribution in [2.24, 2.45) is 0 Å². The zero-order valence-electron chi connectivity index (χ0n) is 12.3. The van der Waals surface area contributed by atoms with E-state index in [-0.39, 0.29) is 17.7 Å². The van der Waals surface area contributed by atoms with Crippen LogP contribution in [0.2, 0.25) is 0 Å². The first-order valence-corrected chi connectivity index (χ1v) is 6.98. The fourth-order valence-electron chi connectivity index (χ4n) is 2.56. The normalized spacial score (nSPS) is 17.0. The average Bonchev–Trinajstić information content (AvgIpc) is 2.46. The fourth-order valence-corrected chi connectivity index (χ4v) is 2.56. The molecule has 0 atom stereocenters. The van der Waals surface area contributed by atoms with E-state index in [0.29, 0.717) is 5.56 Å². The second kappa shape index (κ2) is 6.85. The molecule has 6 heteroatoms. The Hall–Kier alpha value is -1.69. The zero-order valence-corrected chi connectivity index (χ0v) is 12.3. The Labute approximate surface area is 123 Å². The number of nitrogens with zero attached hydrogens (tertiary/aromatic N) is 2. The van der Waals surface area contributed by atoms with Crippen molar-refractivity contribution in [1.82, 2.24) is 9.80 Å². The van der Waals surface area contributed by atoms with E-state index in [1.807, 2.05) is 0 Å². The lowest BCUT2D eigenvalue weighted by atomic mass is 10.0. The van der Waals surface area contributed by atoms with E-state index in [9.17, 15) is 13.6 Å². The quantitative estimate of drug-likeness (QED) is 0.856. The topological polar surface area (TPSA) is 32.8 Å². The summed E-state index contributed by atoms with van der Waals surface area (Å²) < 4.78 is 28.8. The Balaban J connectivity index is 2.05. The number of hydrogen-bond donors (Lipinski definition) is 0. The summed E-state index contributed by atoms with van der Waals surface area (Å²) in [7, 11) is 3.82. The van der Waals surface area contributed by atoms with Crippen molar-refractivity contribution in [2.45, 2.75) is 25.5 Å². The summed E-state index contributed by atoms with van der Waals surface area (Å²) in [6, 6.07) is 6.13. The Bertz CT molecular complexity index is 488. The van der Waals surface area contributed by atoms with E-state index < -0.39 is 6.61 Å². The summed E-state index contributed by atoms with van der Waals surface area (Å²) in [5.41, 5.74) is 0.370. The fraction of sp³-hybridized carbons (Fsp3) is 0.533. The highest BCUT2D eigenvalue weighted by molar-refractivity contribution is 5.94. The number of carbonyl (C=O) groups is 1. The summed E-state index contributed by atoms with van der Waals surface area (Å²) in [5, 5.41) is 0. The van der Waals surface area contributed by atoms with E-state index in [1.165, 1.54) is 12.1 Å². The molecule has 1 fully saturated rings. The number of rotatable bonds is 4. The molecule has 0 N–H and O–H groups in total. The number of piperidine rings is 1. The maximum absolute atomic E-state index is 12.4. The first-order chi connectivity index (χ1) is 9.97. The predicted molar refractivity (Wildman–Crippen MR) is 75.7 cm³/mol. The molecule has 4 nitrogen and oxygen atoms in total. The third kappa shape index (κ3) is 4.14. The van der Waals surface area contributed by atoms with Gasteiger partial charge in [-0.2, -0.15) is 8.78 Å². The molecular weight excluding hydrogens is 278 g/mol. The van der Waals surface area contributed by atoms with Gasteiger partial charge in [0.2, 0.25) is 0 Å². The van der Waals surface area contributed by atoms with E-state index in [0.717, 1.165) is 25.9 Å². The van der Waals surface area contributed by atoms with E-state index in [1.54, 1.807) is 24.1 Å². The van der Waals surface area contributed by atoms with Gasteiger partial charge in [0.15, 0.2) is 0 Å². The predicted octanol–water partition coefficient (Wildman–Crippen LogP) is 2.45. The van der Waals surface area contributed by atoms with Gasteiger partial charge in [-0.15, -0.1) is 0 Å². The van der Waals surface area contributed by atoms with Crippen LogP contribution < -0.4 is 4.74 Å². The van der Waals surface area contributed by atoms with Gasteiger partial charge in [-0.25, -0.2) is 0 Å². The van der Waals surface area contributed by atoms with E-state index in [4.69, 9.17) is 0 Å². The van der Waals surface area contributed by atoms with Crippen molar-refractivity contribution in [2.75, 3.05) is 27.2 Å². The van der Waals surface area contributed by atoms with Gasteiger partial charge >= 0.3 is 6.61 Å². The number of alkyl halides is 2. The van der Waals surface area contributed by atoms with Gasteiger partial charge in [0, 0.05) is 18.7 Å². The molecule has 1 aliphatic heterocycles. The summed E-state index contributed by atoms with van der Waals surface area (Å²) in [6.07, 6.45) is 1.85. The lowest BCUT2D eigenvalue weighted by molar-refractivity contribution is -0.0499. The smallest absolute Gasteiger partial charge is 0.387 e. The number of hydrogen-bond acceptors (Lipinski definition) is 3. The van der Waals surface area contributed by atoms with Crippen molar-refractivity contribution in [3.63, 3.8) is 0 Å². The monoisotopic (exact) mass is 298 g/mol. The summed E-state index contributed by atoms with van der Waals surface area (Å²) in [4.78, 5) is 16.4. The Morgan fingerprint density at radius 3 is 2.67 bits per heavy atom. The molecule has 1 aromatic rings. The third-order valence-electron chi connectivity index (χ3n) is 3.86. The van der Waals surface area contributed by atoms with Gasteiger partial charge < -0.3 is 14.5 Å². The second-order valence-corrected chi connectivity index (χ2v) is 5.36. The molecule has 1 aliphatic rings. The Kier molecular flexibility index (Phi) is 5.12. The molecule has 0 spiro atoms. The Morgan fingerprint density at radius 1 is 1.38 bits per heavy atom. The van der Waals surface area contributed by atoms with Crippen LogP contribution in [-0.2, 0) is 0 Å². The van der Waals surface area contributed by atoms with Crippen molar-refractivity contribution in [3.05, 3.63) is 29.8 Å². The highest BCUT2D eigenvalue weighted by Gasteiger charge is 2.24. The van der Waals surface area contributed by atoms with E-state index >= 15 is 0 Å². The standard InChI is InChI=1S/C15H20F2N2O2/c1-18-8-6-12(7-9-18)19(2)14(20)11-4-3-5-13(10-11)21-15(16)17/h3-5,10,12,15H,6-9H2,1-2H3. The van der Waals surface area contributed by atoms with Gasteiger partial charge in [-0.3, -0.25) is 4.79 Å². The minimum Gasteiger partial charge on any atom is -0.435 e. The molecule has 0 unspecified atom stereocenters. The molecule has 0 radical (unpaired) electrons. The largest absolute Gasteiger partial charge is 0.435 e. The number of halogens is 2. The average molecular weight is 298 g/mol. The SMILES string of the molecule is CN1CCC(N(C)C(=O)c2cccc(OC(F)F)c2)CC1. The molecule has 0 bridgehead atoms. The minimum atomic E-state index is -2.89. The molecule has 21 heavy (non-hydrogen) atoms. The first-order valence-electron chi connectivity index (χ1n) is 6.98. The maximum Gasteiger partial charge on any atom is 0.387 e. The number of benzene rings is 1. The number of carbonyl (C=O) groups excluding carboxylic acids is 1. The second-order valence-electron chi connectivity index (χ2n) is 5.36.